The molecular formula is C25H32N4O3. The maximum absolute atomic E-state index is 13.2. The van der Waals surface area contributed by atoms with Gasteiger partial charge in [-0.3, -0.25) is 14.7 Å². The molecule has 7 nitrogen and oxygen atoms in total. The van der Waals surface area contributed by atoms with Gasteiger partial charge in [-0.2, -0.15) is 5.10 Å². The molecule has 4 heterocycles. The number of nitrogens with one attached hydrogen (secondary N) is 1. The Morgan fingerprint density at radius 2 is 1.72 bits per heavy atom. The van der Waals surface area contributed by atoms with Gasteiger partial charge in [0, 0.05) is 44.3 Å². The Kier molecular flexibility index (Phi) is 6.00. The number of nitrogens with zero attached hydrogens (tertiary/aromatic N) is 3. The number of carbonyl (C=O) groups excluding carboxylic acids is 2. The molecule has 2 aromatic rings. The molecule has 170 valence electrons. The Morgan fingerprint density at radius 3 is 2.41 bits per heavy atom. The van der Waals surface area contributed by atoms with Crippen molar-refractivity contribution in [2.75, 3.05) is 32.8 Å². The standard InChI is InChI=1S/C25H32N4O3/c30-23(29-15-11-25(12-16-29)10-4-5-17-32-25)20-8-13-28(14-9-20)24(31)21-18-26-27-22(21)19-6-2-1-3-7-19/h1-3,6-7,18,20H,4-5,8-17H2,(H,26,27). The summed E-state index contributed by atoms with van der Waals surface area (Å²) in [4.78, 5) is 30.2. The van der Waals surface area contributed by atoms with Gasteiger partial charge in [0.25, 0.3) is 5.91 Å². The first-order chi connectivity index (χ1) is 15.7. The number of piperidine rings is 2. The number of ether oxygens (including phenoxy) is 1. The highest BCUT2D eigenvalue weighted by atomic mass is 16.5. The predicted octanol–water partition coefficient (Wildman–Crippen LogP) is 3.49. The van der Waals surface area contributed by atoms with Gasteiger partial charge in [-0.05, 0) is 44.9 Å². The number of amides is 2. The van der Waals surface area contributed by atoms with Crippen molar-refractivity contribution >= 4 is 11.8 Å². The average molecular weight is 437 g/mol. The van der Waals surface area contributed by atoms with E-state index in [0.29, 0.717) is 18.7 Å². The molecule has 1 N–H and O–H groups in total. The minimum absolute atomic E-state index is 0.0123. The van der Waals surface area contributed by atoms with Crippen molar-refractivity contribution in [1.29, 1.82) is 0 Å². The van der Waals surface area contributed by atoms with Crippen LogP contribution in [0.2, 0.25) is 0 Å². The maximum atomic E-state index is 13.2. The van der Waals surface area contributed by atoms with Crippen molar-refractivity contribution < 1.29 is 14.3 Å². The Morgan fingerprint density at radius 1 is 0.969 bits per heavy atom. The average Bonchev–Trinajstić information content (AvgIpc) is 3.35. The van der Waals surface area contributed by atoms with Gasteiger partial charge >= 0.3 is 0 Å². The zero-order chi connectivity index (χ0) is 22.0. The summed E-state index contributed by atoms with van der Waals surface area (Å²) < 4.78 is 6.11. The number of carbonyl (C=O) groups is 2. The zero-order valence-electron chi connectivity index (χ0n) is 18.6. The highest BCUT2D eigenvalue weighted by Gasteiger charge is 2.39. The molecule has 0 unspecified atom stereocenters. The molecule has 0 aliphatic carbocycles. The number of likely N-dealkylation sites (tertiary alicyclic amines) is 2. The molecule has 32 heavy (non-hydrogen) atoms. The molecule has 3 saturated heterocycles. The third-order valence-electron chi connectivity index (χ3n) is 7.48. The van der Waals surface area contributed by atoms with Gasteiger partial charge in [-0.25, -0.2) is 0 Å². The van der Waals surface area contributed by atoms with Crippen LogP contribution in [0, 0.1) is 5.92 Å². The van der Waals surface area contributed by atoms with E-state index in [0.717, 1.165) is 69.5 Å². The quantitative estimate of drug-likeness (QED) is 0.799. The molecule has 7 heteroatoms. The summed E-state index contributed by atoms with van der Waals surface area (Å²) in [7, 11) is 0. The molecule has 0 bridgehead atoms. The van der Waals surface area contributed by atoms with Gasteiger partial charge in [-0.15, -0.1) is 0 Å². The lowest BCUT2D eigenvalue weighted by atomic mass is 9.84. The molecule has 2 amide bonds. The van der Waals surface area contributed by atoms with Crippen LogP contribution in [0.4, 0.5) is 0 Å². The topological polar surface area (TPSA) is 78.5 Å². The van der Waals surface area contributed by atoms with Gasteiger partial charge in [0.2, 0.25) is 5.91 Å². The lowest BCUT2D eigenvalue weighted by Gasteiger charge is -2.45. The summed E-state index contributed by atoms with van der Waals surface area (Å²) in [6, 6.07) is 9.79. The van der Waals surface area contributed by atoms with E-state index < -0.39 is 0 Å². The fourth-order valence-electron chi connectivity index (χ4n) is 5.47. The summed E-state index contributed by atoms with van der Waals surface area (Å²) in [5.41, 5.74) is 2.31. The second-order valence-electron chi connectivity index (χ2n) is 9.41. The van der Waals surface area contributed by atoms with Gasteiger partial charge in [-0.1, -0.05) is 30.3 Å². The van der Waals surface area contributed by atoms with E-state index in [4.69, 9.17) is 4.74 Å². The van der Waals surface area contributed by atoms with Gasteiger partial charge < -0.3 is 14.5 Å². The molecule has 0 atom stereocenters. The van der Waals surface area contributed by atoms with Crippen molar-refractivity contribution in [2.24, 2.45) is 5.92 Å². The first kappa shape index (κ1) is 21.2. The Balaban J connectivity index is 1.16. The summed E-state index contributed by atoms with van der Waals surface area (Å²) in [6.07, 6.45) is 8.50. The number of benzene rings is 1. The molecule has 5 rings (SSSR count). The highest BCUT2D eigenvalue weighted by Crippen LogP contribution is 2.35. The van der Waals surface area contributed by atoms with E-state index in [9.17, 15) is 9.59 Å². The van der Waals surface area contributed by atoms with Crippen LogP contribution < -0.4 is 0 Å². The summed E-state index contributed by atoms with van der Waals surface area (Å²) in [6.45, 7) is 3.68. The summed E-state index contributed by atoms with van der Waals surface area (Å²) in [5, 5.41) is 7.08. The number of hydrogen-bond donors (Lipinski definition) is 1. The number of rotatable bonds is 3. The van der Waals surface area contributed by atoms with Crippen LogP contribution in [0.3, 0.4) is 0 Å². The number of aromatic amines is 1. The molecule has 0 radical (unpaired) electrons. The second-order valence-corrected chi connectivity index (χ2v) is 9.41. The highest BCUT2D eigenvalue weighted by molar-refractivity contribution is 5.99. The van der Waals surface area contributed by atoms with Crippen LogP contribution in [0.5, 0.6) is 0 Å². The Labute approximate surface area is 189 Å². The first-order valence-corrected chi connectivity index (χ1v) is 12.0. The van der Waals surface area contributed by atoms with E-state index in [1.165, 1.54) is 6.42 Å². The Hall–Kier alpha value is -2.67. The van der Waals surface area contributed by atoms with Crippen LogP contribution >= 0.6 is 0 Å². The van der Waals surface area contributed by atoms with Crippen molar-refractivity contribution in [3.05, 3.63) is 42.1 Å². The molecular weight excluding hydrogens is 404 g/mol. The van der Waals surface area contributed by atoms with Crippen molar-refractivity contribution in [1.82, 2.24) is 20.0 Å². The SMILES string of the molecule is O=C(c1cn[nH]c1-c1ccccc1)N1CCC(C(=O)N2CCC3(CCCCO3)CC2)CC1. The normalized spacial score (nSPS) is 21.6. The fourth-order valence-corrected chi connectivity index (χ4v) is 5.47. The molecule has 1 aromatic heterocycles. The van der Waals surface area contributed by atoms with Crippen LogP contribution in [-0.4, -0.2) is 70.2 Å². The third-order valence-corrected chi connectivity index (χ3v) is 7.48. The van der Waals surface area contributed by atoms with Gasteiger partial charge in [0.15, 0.2) is 0 Å². The summed E-state index contributed by atoms with van der Waals surface area (Å²) in [5.74, 6) is 0.257. The van der Waals surface area contributed by atoms with E-state index in [1.54, 1.807) is 6.20 Å². The predicted molar refractivity (Wildman–Crippen MR) is 121 cm³/mol. The molecule has 3 aliphatic heterocycles. The molecule has 1 aromatic carbocycles. The van der Waals surface area contributed by atoms with Crippen LogP contribution in [0.1, 0.15) is 55.3 Å². The Bertz CT molecular complexity index is 933. The van der Waals surface area contributed by atoms with Gasteiger partial charge in [0.1, 0.15) is 0 Å². The smallest absolute Gasteiger partial charge is 0.257 e. The monoisotopic (exact) mass is 436 g/mol. The van der Waals surface area contributed by atoms with Gasteiger partial charge in [0.05, 0.1) is 23.1 Å². The van der Waals surface area contributed by atoms with E-state index in [2.05, 4.69) is 10.2 Å². The fraction of sp³-hybridized carbons (Fsp3) is 0.560. The maximum Gasteiger partial charge on any atom is 0.257 e. The molecule has 0 saturated carbocycles. The van der Waals surface area contributed by atoms with Crippen LogP contribution in [-0.2, 0) is 9.53 Å². The minimum Gasteiger partial charge on any atom is -0.375 e. The minimum atomic E-state index is -0.0159. The van der Waals surface area contributed by atoms with Crippen molar-refractivity contribution in [2.45, 2.75) is 50.5 Å². The summed E-state index contributed by atoms with van der Waals surface area (Å²) >= 11 is 0. The van der Waals surface area contributed by atoms with Crippen molar-refractivity contribution in [3.8, 4) is 11.3 Å². The molecule has 3 fully saturated rings. The van der Waals surface area contributed by atoms with E-state index in [1.807, 2.05) is 40.1 Å². The molecule has 1 spiro atoms. The van der Waals surface area contributed by atoms with E-state index >= 15 is 0 Å². The largest absolute Gasteiger partial charge is 0.375 e. The zero-order valence-corrected chi connectivity index (χ0v) is 18.6. The number of aromatic nitrogens is 2. The van der Waals surface area contributed by atoms with E-state index in [-0.39, 0.29) is 23.3 Å². The third kappa shape index (κ3) is 4.18. The number of hydrogen-bond acceptors (Lipinski definition) is 4. The van der Waals surface area contributed by atoms with Crippen LogP contribution in [0.25, 0.3) is 11.3 Å². The lowest BCUT2D eigenvalue weighted by molar-refractivity contribution is -0.147. The first-order valence-electron chi connectivity index (χ1n) is 12.0. The second kappa shape index (κ2) is 9.06. The number of H-pyrrole nitrogens is 1. The van der Waals surface area contributed by atoms with Crippen LogP contribution in [0.15, 0.2) is 36.5 Å². The molecule has 3 aliphatic rings. The van der Waals surface area contributed by atoms with Crippen molar-refractivity contribution in [3.63, 3.8) is 0 Å². The lowest BCUT2D eigenvalue weighted by Crippen LogP contribution is -2.51.